The van der Waals surface area contributed by atoms with E-state index in [1.54, 1.807) is 0 Å². The maximum Gasteiger partial charge on any atom is 0.113 e. The van der Waals surface area contributed by atoms with Gasteiger partial charge in [0.15, 0.2) is 0 Å². The van der Waals surface area contributed by atoms with E-state index in [0.717, 1.165) is 41.5 Å². The number of aliphatic hydroxyl groups excluding tert-OH is 1. The van der Waals surface area contributed by atoms with Crippen LogP contribution < -0.4 is 0 Å². The second-order valence-electron chi connectivity index (χ2n) is 4.73. The van der Waals surface area contributed by atoms with Crippen molar-refractivity contribution in [3.63, 3.8) is 0 Å². The van der Waals surface area contributed by atoms with Crippen molar-refractivity contribution in [3.8, 4) is 0 Å². The van der Waals surface area contributed by atoms with E-state index < -0.39 is 0 Å². The summed E-state index contributed by atoms with van der Waals surface area (Å²) in [5.74, 6) is 1.03. The number of aromatic nitrogens is 2. The molecule has 1 aliphatic rings. The number of benzene rings is 1. The third kappa shape index (κ3) is 2.16. The molecule has 94 valence electrons. The molecule has 3 rings (SSSR count). The fourth-order valence-electron chi connectivity index (χ4n) is 2.46. The first-order valence-corrected chi connectivity index (χ1v) is 6.56. The third-order valence-corrected chi connectivity index (χ3v) is 3.83. The number of halogens is 1. The van der Waals surface area contributed by atoms with Gasteiger partial charge >= 0.3 is 0 Å². The number of aliphatic hydroxyl groups is 1. The molecule has 0 bridgehead atoms. The molecule has 3 nitrogen and oxygen atoms in total. The molecule has 2 aromatic rings. The van der Waals surface area contributed by atoms with E-state index in [0.29, 0.717) is 6.42 Å². The molecule has 0 radical (unpaired) electrons. The minimum Gasteiger partial charge on any atom is -0.393 e. The summed E-state index contributed by atoms with van der Waals surface area (Å²) in [4.78, 5) is 4.46. The van der Waals surface area contributed by atoms with E-state index in [9.17, 15) is 5.11 Å². The Morgan fingerprint density at radius 2 is 2.22 bits per heavy atom. The first-order valence-electron chi connectivity index (χ1n) is 6.19. The van der Waals surface area contributed by atoms with Gasteiger partial charge in [-0.3, -0.25) is 0 Å². The topological polar surface area (TPSA) is 38.0 Å². The Labute approximate surface area is 111 Å². The van der Waals surface area contributed by atoms with E-state index in [1.807, 2.05) is 30.5 Å². The van der Waals surface area contributed by atoms with Crippen molar-refractivity contribution in [2.75, 3.05) is 0 Å². The summed E-state index contributed by atoms with van der Waals surface area (Å²) in [6, 6.07) is 7.86. The van der Waals surface area contributed by atoms with Crippen LogP contribution in [0.3, 0.4) is 0 Å². The molecule has 4 heteroatoms. The lowest BCUT2D eigenvalue weighted by molar-refractivity contribution is 0.143. The number of nitrogens with zero attached hydrogens (tertiary/aromatic N) is 2. The van der Waals surface area contributed by atoms with Gasteiger partial charge in [0.05, 0.1) is 6.10 Å². The fourth-order valence-corrected chi connectivity index (χ4v) is 2.67. The molecule has 1 aliphatic heterocycles. The van der Waals surface area contributed by atoms with Crippen molar-refractivity contribution in [2.24, 2.45) is 0 Å². The molecule has 1 atom stereocenters. The van der Waals surface area contributed by atoms with Crippen molar-refractivity contribution >= 4 is 11.6 Å². The van der Waals surface area contributed by atoms with Crippen molar-refractivity contribution in [1.29, 1.82) is 0 Å². The number of hydrogen-bond donors (Lipinski definition) is 1. The zero-order valence-corrected chi connectivity index (χ0v) is 10.8. The maximum absolute atomic E-state index is 9.64. The van der Waals surface area contributed by atoms with Crippen LogP contribution in [0.4, 0.5) is 0 Å². The average molecular weight is 263 g/mol. The van der Waals surface area contributed by atoms with E-state index in [2.05, 4.69) is 9.55 Å². The zero-order valence-electron chi connectivity index (χ0n) is 10.0. The van der Waals surface area contributed by atoms with E-state index in [4.69, 9.17) is 11.6 Å². The first kappa shape index (κ1) is 11.8. The van der Waals surface area contributed by atoms with Crippen molar-refractivity contribution < 1.29 is 5.11 Å². The lowest BCUT2D eigenvalue weighted by Crippen LogP contribution is -2.23. The van der Waals surface area contributed by atoms with Crippen LogP contribution in [0.2, 0.25) is 5.02 Å². The van der Waals surface area contributed by atoms with Crippen LogP contribution in [-0.2, 0) is 19.4 Å². The lowest BCUT2D eigenvalue weighted by Gasteiger charge is -2.21. The zero-order chi connectivity index (χ0) is 12.5. The monoisotopic (exact) mass is 262 g/mol. The van der Waals surface area contributed by atoms with Gasteiger partial charge in [0.2, 0.25) is 0 Å². The average Bonchev–Trinajstić information content (AvgIpc) is 2.74. The molecule has 0 spiro atoms. The van der Waals surface area contributed by atoms with Crippen LogP contribution in [0.15, 0.2) is 30.5 Å². The number of rotatable bonds is 2. The summed E-state index contributed by atoms with van der Waals surface area (Å²) < 4.78 is 2.20. The van der Waals surface area contributed by atoms with Gasteiger partial charge in [-0.05, 0) is 18.1 Å². The molecule has 2 heterocycles. The van der Waals surface area contributed by atoms with Crippen LogP contribution in [0, 0.1) is 0 Å². The Kier molecular flexibility index (Phi) is 3.10. The molecule has 1 aromatic heterocycles. The molecule has 1 N–H and O–H groups in total. The second kappa shape index (κ2) is 4.75. The Morgan fingerprint density at radius 3 is 3.06 bits per heavy atom. The Morgan fingerprint density at radius 1 is 1.39 bits per heavy atom. The quantitative estimate of drug-likeness (QED) is 0.903. The molecule has 0 saturated carbocycles. The van der Waals surface area contributed by atoms with Gasteiger partial charge in [-0.1, -0.05) is 29.8 Å². The summed E-state index contributed by atoms with van der Waals surface area (Å²) in [5, 5.41) is 10.4. The minimum absolute atomic E-state index is 0.220. The molecule has 18 heavy (non-hydrogen) atoms. The summed E-state index contributed by atoms with van der Waals surface area (Å²) in [7, 11) is 0. The highest BCUT2D eigenvalue weighted by molar-refractivity contribution is 6.31. The van der Waals surface area contributed by atoms with E-state index in [-0.39, 0.29) is 6.10 Å². The van der Waals surface area contributed by atoms with Gasteiger partial charge in [-0.2, -0.15) is 0 Å². The van der Waals surface area contributed by atoms with Crippen LogP contribution in [0.1, 0.15) is 23.5 Å². The minimum atomic E-state index is -0.220. The predicted octanol–water partition coefficient (Wildman–Crippen LogP) is 2.43. The van der Waals surface area contributed by atoms with Crippen molar-refractivity contribution in [1.82, 2.24) is 9.55 Å². The molecular weight excluding hydrogens is 248 g/mol. The third-order valence-electron chi connectivity index (χ3n) is 3.46. The largest absolute Gasteiger partial charge is 0.393 e. The van der Waals surface area contributed by atoms with Gasteiger partial charge in [0.25, 0.3) is 0 Å². The predicted molar refractivity (Wildman–Crippen MR) is 70.8 cm³/mol. The lowest BCUT2D eigenvalue weighted by atomic mass is 10.1. The standard InChI is InChI=1S/C14H15ClN2O/c15-13-4-2-1-3-10(13)7-14-16-9-11-8-12(18)5-6-17(11)14/h1-4,9,12,18H,5-8H2. The highest BCUT2D eigenvalue weighted by Crippen LogP contribution is 2.22. The highest BCUT2D eigenvalue weighted by atomic mass is 35.5. The number of fused-ring (bicyclic) bond motifs is 1. The summed E-state index contributed by atoms with van der Waals surface area (Å²) >= 11 is 6.17. The van der Waals surface area contributed by atoms with Gasteiger partial charge in [-0.15, -0.1) is 0 Å². The maximum atomic E-state index is 9.64. The summed E-state index contributed by atoms with van der Waals surface area (Å²) in [6.07, 6.45) is 3.90. The van der Waals surface area contributed by atoms with Gasteiger partial charge < -0.3 is 9.67 Å². The fraction of sp³-hybridized carbons (Fsp3) is 0.357. The molecule has 1 unspecified atom stereocenters. The highest BCUT2D eigenvalue weighted by Gasteiger charge is 2.19. The first-order chi connectivity index (χ1) is 8.74. The van der Waals surface area contributed by atoms with Crippen LogP contribution in [0.5, 0.6) is 0 Å². The Balaban J connectivity index is 1.88. The molecule has 0 saturated heterocycles. The normalized spacial score (nSPS) is 18.7. The summed E-state index contributed by atoms with van der Waals surface area (Å²) in [6.45, 7) is 0.844. The smallest absolute Gasteiger partial charge is 0.113 e. The van der Waals surface area contributed by atoms with Crippen LogP contribution in [-0.4, -0.2) is 20.8 Å². The molecule has 0 aliphatic carbocycles. The van der Waals surface area contributed by atoms with Crippen LogP contribution in [0.25, 0.3) is 0 Å². The van der Waals surface area contributed by atoms with Crippen molar-refractivity contribution in [3.05, 3.63) is 52.6 Å². The number of hydrogen-bond acceptors (Lipinski definition) is 2. The molecule has 0 amide bonds. The second-order valence-corrected chi connectivity index (χ2v) is 5.14. The summed E-state index contributed by atoms with van der Waals surface area (Å²) in [5.41, 5.74) is 2.22. The number of imidazole rings is 1. The Bertz CT molecular complexity index is 565. The molecular formula is C14H15ClN2O. The van der Waals surface area contributed by atoms with E-state index >= 15 is 0 Å². The van der Waals surface area contributed by atoms with Gasteiger partial charge in [0.1, 0.15) is 5.82 Å². The van der Waals surface area contributed by atoms with Gasteiger partial charge in [0, 0.05) is 36.3 Å². The molecule has 1 aromatic carbocycles. The van der Waals surface area contributed by atoms with Crippen LogP contribution >= 0.6 is 11.6 Å². The Hall–Kier alpha value is -1.32. The molecule has 0 fully saturated rings. The van der Waals surface area contributed by atoms with E-state index in [1.165, 1.54) is 0 Å². The SMILES string of the molecule is OC1CCn2c(cnc2Cc2ccccc2Cl)C1. The van der Waals surface area contributed by atoms with Crippen molar-refractivity contribution in [2.45, 2.75) is 31.9 Å². The van der Waals surface area contributed by atoms with Gasteiger partial charge in [-0.25, -0.2) is 4.98 Å².